The van der Waals surface area contributed by atoms with Crippen LogP contribution in [-0.4, -0.2) is 22.5 Å². The third kappa shape index (κ3) is 2.89. The summed E-state index contributed by atoms with van der Waals surface area (Å²) in [6.07, 6.45) is 0.878. The van der Waals surface area contributed by atoms with E-state index in [1.807, 2.05) is 20.8 Å². The van der Waals surface area contributed by atoms with Gasteiger partial charge in [0.25, 0.3) is 0 Å². The number of hydrogen-bond donors (Lipinski definition) is 1. The zero-order valence-electron chi connectivity index (χ0n) is 9.83. The van der Waals surface area contributed by atoms with Gasteiger partial charge in [-0.25, -0.2) is 4.98 Å². The summed E-state index contributed by atoms with van der Waals surface area (Å²) in [6.45, 7) is 9.71. The number of hydrogen-bond acceptors (Lipinski definition) is 5. The number of nitrogens with one attached hydrogen (secondary N) is 1. The maximum Gasteiger partial charge on any atom is 0.202 e. The van der Waals surface area contributed by atoms with E-state index in [2.05, 4.69) is 21.6 Å². The molecule has 0 fully saturated rings. The fourth-order valence-corrected chi connectivity index (χ4v) is 2.05. The normalized spacial score (nSPS) is 14.9. The average molecular weight is 229 g/mol. The van der Waals surface area contributed by atoms with E-state index in [9.17, 15) is 0 Å². The van der Waals surface area contributed by atoms with Crippen LogP contribution in [0.2, 0.25) is 0 Å². The topological polar surface area (TPSA) is 47.0 Å². The number of rotatable bonds is 6. The van der Waals surface area contributed by atoms with Gasteiger partial charge in [-0.05, 0) is 27.2 Å². The fourth-order valence-electron chi connectivity index (χ4n) is 1.30. The molecule has 86 valence electrons. The van der Waals surface area contributed by atoms with E-state index < -0.39 is 0 Å². The van der Waals surface area contributed by atoms with E-state index in [0.717, 1.165) is 23.9 Å². The standard InChI is InChI=1S/C10H19N3OS/c1-5-10(4,14-7-3)8-12-9(11-6-2)15-13-8/h5-7H2,1-4H3,(H,11,12,13). The minimum atomic E-state index is -0.348. The molecule has 4 nitrogen and oxygen atoms in total. The third-order valence-electron chi connectivity index (χ3n) is 2.36. The van der Waals surface area contributed by atoms with E-state index in [-0.39, 0.29) is 5.60 Å². The summed E-state index contributed by atoms with van der Waals surface area (Å²) in [6, 6.07) is 0. The molecule has 0 saturated heterocycles. The van der Waals surface area contributed by atoms with E-state index >= 15 is 0 Å². The summed E-state index contributed by atoms with van der Waals surface area (Å²) in [4.78, 5) is 4.43. The molecule has 0 aliphatic rings. The third-order valence-corrected chi connectivity index (χ3v) is 3.04. The van der Waals surface area contributed by atoms with Crippen LogP contribution in [0.5, 0.6) is 0 Å². The second-order valence-electron chi connectivity index (χ2n) is 3.47. The molecule has 0 bridgehead atoms. The first kappa shape index (κ1) is 12.4. The van der Waals surface area contributed by atoms with Gasteiger partial charge in [0.15, 0.2) is 5.82 Å². The molecular formula is C10H19N3OS. The molecule has 1 unspecified atom stereocenters. The van der Waals surface area contributed by atoms with Gasteiger partial charge in [0.1, 0.15) is 5.60 Å². The lowest BCUT2D eigenvalue weighted by Gasteiger charge is -2.24. The van der Waals surface area contributed by atoms with Crippen LogP contribution in [0.15, 0.2) is 0 Å². The molecule has 15 heavy (non-hydrogen) atoms. The van der Waals surface area contributed by atoms with Gasteiger partial charge in [-0.15, -0.1) is 0 Å². The summed E-state index contributed by atoms with van der Waals surface area (Å²) in [7, 11) is 0. The lowest BCUT2D eigenvalue weighted by Crippen LogP contribution is -2.26. The Morgan fingerprint density at radius 2 is 2.13 bits per heavy atom. The van der Waals surface area contributed by atoms with E-state index in [1.165, 1.54) is 11.5 Å². The number of anilines is 1. The second kappa shape index (κ2) is 5.42. The summed E-state index contributed by atoms with van der Waals surface area (Å²) in [5, 5.41) is 4.02. The molecule has 1 atom stereocenters. The van der Waals surface area contributed by atoms with Crippen LogP contribution in [0.1, 0.15) is 39.9 Å². The van der Waals surface area contributed by atoms with Crippen LogP contribution < -0.4 is 5.32 Å². The van der Waals surface area contributed by atoms with Crippen molar-refractivity contribution >= 4 is 16.7 Å². The van der Waals surface area contributed by atoms with Crippen molar-refractivity contribution in [3.8, 4) is 0 Å². The van der Waals surface area contributed by atoms with Gasteiger partial charge in [0.05, 0.1) is 0 Å². The van der Waals surface area contributed by atoms with Gasteiger partial charge in [-0.3, -0.25) is 0 Å². The Morgan fingerprint density at radius 3 is 2.67 bits per heavy atom. The zero-order chi connectivity index (χ0) is 11.3. The molecule has 1 aromatic rings. The van der Waals surface area contributed by atoms with Crippen molar-refractivity contribution in [2.24, 2.45) is 0 Å². The monoisotopic (exact) mass is 229 g/mol. The highest BCUT2D eigenvalue weighted by atomic mass is 32.1. The largest absolute Gasteiger partial charge is 0.368 e. The number of nitrogens with zero attached hydrogens (tertiary/aromatic N) is 2. The molecular weight excluding hydrogens is 210 g/mol. The predicted octanol–water partition coefficient (Wildman–Crippen LogP) is 2.63. The molecule has 1 aromatic heterocycles. The van der Waals surface area contributed by atoms with Crippen LogP contribution in [0.25, 0.3) is 0 Å². The highest BCUT2D eigenvalue weighted by Gasteiger charge is 2.29. The lowest BCUT2D eigenvalue weighted by atomic mass is 10.0. The number of ether oxygens (including phenoxy) is 1. The SMILES string of the molecule is CCNc1nc(C(C)(CC)OCC)ns1. The van der Waals surface area contributed by atoms with Gasteiger partial charge in [-0.2, -0.15) is 4.37 Å². The molecule has 0 aromatic carbocycles. The Morgan fingerprint density at radius 1 is 1.40 bits per heavy atom. The predicted molar refractivity (Wildman–Crippen MR) is 63.3 cm³/mol. The van der Waals surface area contributed by atoms with Gasteiger partial charge < -0.3 is 10.1 Å². The fraction of sp³-hybridized carbons (Fsp3) is 0.800. The first-order chi connectivity index (χ1) is 7.16. The Bertz CT molecular complexity index is 303. The quantitative estimate of drug-likeness (QED) is 0.814. The minimum absolute atomic E-state index is 0.348. The molecule has 0 aliphatic carbocycles. The maximum atomic E-state index is 5.71. The molecule has 5 heteroatoms. The van der Waals surface area contributed by atoms with Gasteiger partial charge in [-0.1, -0.05) is 6.92 Å². The maximum absolute atomic E-state index is 5.71. The second-order valence-corrected chi connectivity index (χ2v) is 4.22. The van der Waals surface area contributed by atoms with Crippen molar-refractivity contribution in [1.82, 2.24) is 9.36 Å². The van der Waals surface area contributed by atoms with Crippen molar-refractivity contribution in [2.45, 2.75) is 39.7 Å². The number of aromatic nitrogens is 2. The Balaban J connectivity index is 2.82. The van der Waals surface area contributed by atoms with Crippen molar-refractivity contribution in [1.29, 1.82) is 0 Å². The summed E-state index contributed by atoms with van der Waals surface area (Å²) in [5.74, 6) is 0.785. The zero-order valence-corrected chi connectivity index (χ0v) is 10.6. The highest BCUT2D eigenvalue weighted by molar-refractivity contribution is 7.09. The lowest BCUT2D eigenvalue weighted by molar-refractivity contribution is -0.0381. The molecule has 0 radical (unpaired) electrons. The van der Waals surface area contributed by atoms with Crippen LogP contribution in [0, 0.1) is 0 Å². The van der Waals surface area contributed by atoms with Gasteiger partial charge >= 0.3 is 0 Å². The summed E-state index contributed by atoms with van der Waals surface area (Å²) in [5.41, 5.74) is -0.348. The smallest absolute Gasteiger partial charge is 0.202 e. The van der Waals surface area contributed by atoms with Crippen LogP contribution in [0.3, 0.4) is 0 Å². The van der Waals surface area contributed by atoms with Crippen molar-refractivity contribution in [3.05, 3.63) is 5.82 Å². The van der Waals surface area contributed by atoms with Crippen LogP contribution >= 0.6 is 11.5 Å². The molecule has 0 aliphatic heterocycles. The molecule has 1 rings (SSSR count). The average Bonchev–Trinajstić information content (AvgIpc) is 2.68. The van der Waals surface area contributed by atoms with Gasteiger partial charge in [0, 0.05) is 24.7 Å². The molecule has 1 heterocycles. The molecule has 0 amide bonds. The first-order valence-electron chi connectivity index (χ1n) is 5.38. The van der Waals surface area contributed by atoms with Crippen molar-refractivity contribution in [2.75, 3.05) is 18.5 Å². The molecule has 0 saturated carbocycles. The molecule has 1 N–H and O–H groups in total. The molecule has 0 spiro atoms. The van der Waals surface area contributed by atoms with Crippen molar-refractivity contribution < 1.29 is 4.74 Å². The Labute approximate surface area is 95.2 Å². The van der Waals surface area contributed by atoms with Crippen LogP contribution in [-0.2, 0) is 10.3 Å². The highest BCUT2D eigenvalue weighted by Crippen LogP contribution is 2.28. The van der Waals surface area contributed by atoms with Crippen LogP contribution in [0.4, 0.5) is 5.13 Å². The van der Waals surface area contributed by atoms with Crippen molar-refractivity contribution in [3.63, 3.8) is 0 Å². The summed E-state index contributed by atoms with van der Waals surface area (Å²) >= 11 is 1.39. The Hall–Kier alpha value is -0.680. The minimum Gasteiger partial charge on any atom is -0.368 e. The van der Waals surface area contributed by atoms with E-state index in [0.29, 0.717) is 6.61 Å². The summed E-state index contributed by atoms with van der Waals surface area (Å²) < 4.78 is 10.0. The van der Waals surface area contributed by atoms with E-state index in [4.69, 9.17) is 4.74 Å². The Kier molecular flexibility index (Phi) is 4.47. The first-order valence-corrected chi connectivity index (χ1v) is 6.15. The van der Waals surface area contributed by atoms with E-state index in [1.54, 1.807) is 0 Å². The van der Waals surface area contributed by atoms with Gasteiger partial charge in [0.2, 0.25) is 5.13 Å².